The molecule has 4 rings (SSSR count). The monoisotopic (exact) mass is 400 g/mol. The molecule has 1 heterocycles. The van der Waals surface area contributed by atoms with Crippen LogP contribution in [0.15, 0.2) is 103 Å². The molecule has 0 bridgehead atoms. The SMILES string of the molecule is C=CCn1c(SCc2cccc(F)c2)nc(-c2ccccc2)c1-c1ccccc1. The van der Waals surface area contributed by atoms with Crippen LogP contribution >= 0.6 is 11.8 Å². The topological polar surface area (TPSA) is 17.8 Å². The average molecular weight is 401 g/mol. The quantitative estimate of drug-likeness (QED) is 0.250. The molecule has 0 fully saturated rings. The normalized spacial score (nSPS) is 10.8. The molecule has 0 radical (unpaired) electrons. The first-order valence-electron chi connectivity index (χ1n) is 9.46. The Hall–Kier alpha value is -3.11. The van der Waals surface area contributed by atoms with Gasteiger partial charge in [-0.3, -0.25) is 0 Å². The molecule has 0 N–H and O–H groups in total. The number of benzene rings is 3. The minimum atomic E-state index is -0.215. The van der Waals surface area contributed by atoms with Crippen molar-refractivity contribution in [3.05, 3.63) is 109 Å². The summed E-state index contributed by atoms with van der Waals surface area (Å²) in [6, 6.07) is 27.2. The van der Waals surface area contributed by atoms with Gasteiger partial charge < -0.3 is 4.57 Å². The van der Waals surface area contributed by atoms with Gasteiger partial charge >= 0.3 is 0 Å². The van der Waals surface area contributed by atoms with Crippen LogP contribution in [0.2, 0.25) is 0 Å². The zero-order chi connectivity index (χ0) is 20.1. The molecule has 1 aromatic heterocycles. The van der Waals surface area contributed by atoms with Crippen LogP contribution in [0.3, 0.4) is 0 Å². The lowest BCUT2D eigenvalue weighted by molar-refractivity contribution is 0.626. The highest BCUT2D eigenvalue weighted by Crippen LogP contribution is 2.36. The van der Waals surface area contributed by atoms with E-state index in [1.54, 1.807) is 23.9 Å². The second-order valence-electron chi connectivity index (χ2n) is 6.64. The highest BCUT2D eigenvalue weighted by Gasteiger charge is 2.19. The second-order valence-corrected chi connectivity index (χ2v) is 7.58. The molecule has 0 aliphatic carbocycles. The summed E-state index contributed by atoms with van der Waals surface area (Å²) in [4.78, 5) is 5.00. The van der Waals surface area contributed by atoms with Crippen molar-refractivity contribution in [1.82, 2.24) is 9.55 Å². The fourth-order valence-corrected chi connectivity index (χ4v) is 4.25. The fourth-order valence-electron chi connectivity index (χ4n) is 3.30. The van der Waals surface area contributed by atoms with E-state index >= 15 is 0 Å². The Morgan fingerprint density at radius 1 is 0.897 bits per heavy atom. The first-order chi connectivity index (χ1) is 14.3. The first-order valence-corrected chi connectivity index (χ1v) is 10.4. The molecule has 3 aromatic carbocycles. The number of imidazole rings is 1. The summed E-state index contributed by atoms with van der Waals surface area (Å²) in [5, 5.41) is 0.895. The van der Waals surface area contributed by atoms with Gasteiger partial charge in [0.15, 0.2) is 5.16 Å². The third kappa shape index (κ3) is 4.33. The summed E-state index contributed by atoms with van der Waals surface area (Å²) < 4.78 is 15.7. The van der Waals surface area contributed by atoms with E-state index in [9.17, 15) is 4.39 Å². The highest BCUT2D eigenvalue weighted by molar-refractivity contribution is 7.98. The Morgan fingerprint density at radius 2 is 1.59 bits per heavy atom. The molecule has 0 saturated carbocycles. The number of rotatable bonds is 7. The van der Waals surface area contributed by atoms with Gasteiger partial charge in [-0.05, 0) is 17.7 Å². The van der Waals surface area contributed by atoms with E-state index in [0.29, 0.717) is 12.3 Å². The van der Waals surface area contributed by atoms with E-state index in [4.69, 9.17) is 4.98 Å². The van der Waals surface area contributed by atoms with Gasteiger partial charge in [0.1, 0.15) is 5.82 Å². The van der Waals surface area contributed by atoms with Crippen LogP contribution in [-0.4, -0.2) is 9.55 Å². The third-order valence-electron chi connectivity index (χ3n) is 4.60. The highest BCUT2D eigenvalue weighted by atomic mass is 32.2. The van der Waals surface area contributed by atoms with Gasteiger partial charge in [-0.1, -0.05) is 90.6 Å². The Bertz CT molecular complexity index is 1100. The van der Waals surface area contributed by atoms with Gasteiger partial charge in [0.25, 0.3) is 0 Å². The Morgan fingerprint density at radius 3 is 2.24 bits per heavy atom. The lowest BCUT2D eigenvalue weighted by Crippen LogP contribution is -2.00. The second kappa shape index (κ2) is 8.93. The predicted molar refractivity (Wildman–Crippen MR) is 119 cm³/mol. The van der Waals surface area contributed by atoms with Crippen molar-refractivity contribution < 1.29 is 4.39 Å². The van der Waals surface area contributed by atoms with Crippen LogP contribution in [0.25, 0.3) is 22.5 Å². The summed E-state index contributed by atoms with van der Waals surface area (Å²) in [6.07, 6.45) is 1.88. The minimum Gasteiger partial charge on any atom is -0.315 e. The van der Waals surface area contributed by atoms with Crippen LogP contribution in [0.5, 0.6) is 0 Å². The van der Waals surface area contributed by atoms with Gasteiger partial charge in [0.05, 0.1) is 11.4 Å². The molecule has 29 heavy (non-hydrogen) atoms. The number of nitrogens with zero attached hydrogens (tertiary/aromatic N) is 2. The van der Waals surface area contributed by atoms with Crippen molar-refractivity contribution in [2.24, 2.45) is 0 Å². The van der Waals surface area contributed by atoms with Crippen molar-refractivity contribution in [3.8, 4) is 22.5 Å². The van der Waals surface area contributed by atoms with E-state index in [1.165, 1.54) is 6.07 Å². The molecule has 4 aromatic rings. The molecule has 0 atom stereocenters. The fraction of sp³-hybridized carbons (Fsp3) is 0.0800. The maximum Gasteiger partial charge on any atom is 0.169 e. The molecular weight excluding hydrogens is 379 g/mol. The van der Waals surface area contributed by atoms with Gasteiger partial charge in [0, 0.05) is 23.4 Å². The maximum atomic E-state index is 13.6. The van der Waals surface area contributed by atoms with E-state index in [0.717, 1.165) is 33.2 Å². The minimum absolute atomic E-state index is 0.215. The number of hydrogen-bond donors (Lipinski definition) is 0. The lowest BCUT2D eigenvalue weighted by atomic mass is 10.0. The van der Waals surface area contributed by atoms with Gasteiger partial charge in [-0.15, -0.1) is 6.58 Å². The standard InChI is InChI=1S/C25H21FN2S/c1-2-16-28-24(21-13-7-4-8-14-21)23(20-11-5-3-6-12-20)27-25(28)29-18-19-10-9-15-22(26)17-19/h2-15,17H,1,16,18H2. The van der Waals surface area contributed by atoms with Crippen molar-refractivity contribution >= 4 is 11.8 Å². The zero-order valence-electron chi connectivity index (χ0n) is 16.0. The van der Waals surface area contributed by atoms with E-state index in [-0.39, 0.29) is 5.82 Å². The van der Waals surface area contributed by atoms with Crippen LogP contribution in [-0.2, 0) is 12.3 Å². The molecule has 0 amide bonds. The molecule has 0 spiro atoms. The predicted octanol–water partition coefficient (Wildman–Crippen LogP) is 6.83. The van der Waals surface area contributed by atoms with Gasteiger partial charge in [-0.25, -0.2) is 9.37 Å². The Labute approximate surface area is 174 Å². The molecule has 0 unspecified atom stereocenters. The summed E-state index contributed by atoms with van der Waals surface area (Å²) in [7, 11) is 0. The number of hydrogen-bond acceptors (Lipinski definition) is 2. The summed E-state index contributed by atoms with van der Waals surface area (Å²) in [6.45, 7) is 4.58. The summed E-state index contributed by atoms with van der Waals surface area (Å²) in [5.74, 6) is 0.432. The number of halogens is 1. The van der Waals surface area contributed by atoms with Crippen molar-refractivity contribution in [3.63, 3.8) is 0 Å². The van der Waals surface area contributed by atoms with E-state index in [1.807, 2.05) is 48.5 Å². The Balaban J connectivity index is 1.80. The zero-order valence-corrected chi connectivity index (χ0v) is 16.8. The average Bonchev–Trinajstić information content (AvgIpc) is 3.12. The summed E-state index contributed by atoms with van der Waals surface area (Å²) in [5.41, 5.74) is 5.13. The smallest absolute Gasteiger partial charge is 0.169 e. The van der Waals surface area contributed by atoms with E-state index in [2.05, 4.69) is 35.4 Å². The lowest BCUT2D eigenvalue weighted by Gasteiger charge is -2.11. The third-order valence-corrected chi connectivity index (χ3v) is 5.64. The van der Waals surface area contributed by atoms with Gasteiger partial charge in [0.2, 0.25) is 0 Å². The number of aromatic nitrogens is 2. The molecule has 0 saturated heterocycles. The first kappa shape index (κ1) is 19.2. The van der Waals surface area contributed by atoms with Crippen molar-refractivity contribution in [2.45, 2.75) is 17.5 Å². The summed E-state index contributed by atoms with van der Waals surface area (Å²) >= 11 is 1.61. The van der Waals surface area contributed by atoms with Crippen LogP contribution in [0, 0.1) is 5.82 Å². The van der Waals surface area contributed by atoms with Crippen LogP contribution in [0.1, 0.15) is 5.56 Å². The largest absolute Gasteiger partial charge is 0.315 e. The molecular formula is C25H21FN2S. The van der Waals surface area contributed by atoms with Crippen LogP contribution < -0.4 is 0 Å². The number of allylic oxidation sites excluding steroid dienone is 1. The molecule has 4 heteroatoms. The number of thioether (sulfide) groups is 1. The molecule has 144 valence electrons. The molecule has 0 aliphatic heterocycles. The maximum absolute atomic E-state index is 13.6. The van der Waals surface area contributed by atoms with Gasteiger partial charge in [-0.2, -0.15) is 0 Å². The van der Waals surface area contributed by atoms with Crippen molar-refractivity contribution in [2.75, 3.05) is 0 Å². The molecule has 0 aliphatic rings. The van der Waals surface area contributed by atoms with Crippen molar-refractivity contribution in [1.29, 1.82) is 0 Å². The van der Waals surface area contributed by atoms with Crippen LogP contribution in [0.4, 0.5) is 4.39 Å². The van der Waals surface area contributed by atoms with E-state index < -0.39 is 0 Å². The molecule has 2 nitrogen and oxygen atoms in total. The Kier molecular flexibility index (Phi) is 5.92.